The lowest BCUT2D eigenvalue weighted by molar-refractivity contribution is -0.116. The van der Waals surface area contributed by atoms with Gasteiger partial charge in [0.1, 0.15) is 9.88 Å². The van der Waals surface area contributed by atoms with Gasteiger partial charge in [-0.25, -0.2) is 9.59 Å². The standard InChI is InChI=1S/C18H19NO5S/c1-11-14(17(21)23-2)16(25-15(11)18(22)24-3)19-13(20)10-9-12-7-5-4-6-8-12/h4-8H,9-10H2,1-3H3,(H,19,20). The molecule has 2 rings (SSSR count). The molecule has 0 fully saturated rings. The van der Waals surface area contributed by atoms with Crippen LogP contribution in [0.3, 0.4) is 0 Å². The summed E-state index contributed by atoms with van der Waals surface area (Å²) in [5, 5.41) is 3.00. The molecule has 0 spiro atoms. The van der Waals surface area contributed by atoms with E-state index in [9.17, 15) is 14.4 Å². The molecule has 0 bridgehead atoms. The summed E-state index contributed by atoms with van der Waals surface area (Å²) in [6.07, 6.45) is 0.837. The molecular formula is C18H19NO5S. The Balaban J connectivity index is 2.18. The van der Waals surface area contributed by atoms with Crippen LogP contribution in [0.1, 0.15) is 37.6 Å². The number of anilines is 1. The van der Waals surface area contributed by atoms with E-state index in [0.717, 1.165) is 16.9 Å². The molecule has 0 aliphatic carbocycles. The van der Waals surface area contributed by atoms with Crippen molar-refractivity contribution >= 4 is 34.2 Å². The van der Waals surface area contributed by atoms with Crippen molar-refractivity contribution in [2.24, 2.45) is 0 Å². The van der Waals surface area contributed by atoms with Crippen LogP contribution in [-0.2, 0) is 20.7 Å². The molecule has 1 aromatic carbocycles. The highest BCUT2D eigenvalue weighted by Gasteiger charge is 2.26. The first-order valence-electron chi connectivity index (χ1n) is 7.61. The number of thiophene rings is 1. The number of rotatable bonds is 6. The van der Waals surface area contributed by atoms with Gasteiger partial charge in [-0.15, -0.1) is 11.3 Å². The minimum absolute atomic E-state index is 0.181. The number of hydrogen-bond donors (Lipinski definition) is 1. The third kappa shape index (κ3) is 4.45. The number of amides is 1. The maximum atomic E-state index is 12.2. The van der Waals surface area contributed by atoms with Crippen LogP contribution in [0, 0.1) is 6.92 Å². The van der Waals surface area contributed by atoms with Gasteiger partial charge in [0.05, 0.1) is 19.8 Å². The number of aryl methyl sites for hydroxylation is 1. The summed E-state index contributed by atoms with van der Waals surface area (Å²) >= 11 is 1.01. The summed E-state index contributed by atoms with van der Waals surface area (Å²) in [6.45, 7) is 1.62. The summed E-state index contributed by atoms with van der Waals surface area (Å²) in [5.74, 6) is -1.41. The van der Waals surface area contributed by atoms with Crippen molar-refractivity contribution < 1.29 is 23.9 Å². The third-order valence-corrected chi connectivity index (χ3v) is 4.83. The molecule has 0 saturated carbocycles. The van der Waals surface area contributed by atoms with Gasteiger partial charge < -0.3 is 14.8 Å². The van der Waals surface area contributed by atoms with E-state index in [-0.39, 0.29) is 22.8 Å². The predicted octanol–water partition coefficient (Wildman–Crippen LogP) is 3.20. The second-order valence-corrected chi connectivity index (χ2v) is 6.30. The van der Waals surface area contributed by atoms with Crippen molar-refractivity contribution in [2.45, 2.75) is 19.8 Å². The van der Waals surface area contributed by atoms with Gasteiger partial charge in [-0.05, 0) is 24.5 Å². The van der Waals surface area contributed by atoms with Crippen molar-refractivity contribution in [3.8, 4) is 0 Å². The van der Waals surface area contributed by atoms with Crippen molar-refractivity contribution in [3.05, 3.63) is 51.9 Å². The lowest BCUT2D eigenvalue weighted by Gasteiger charge is -2.06. The fraction of sp³-hybridized carbons (Fsp3) is 0.278. The number of carbonyl (C=O) groups excluding carboxylic acids is 3. The fourth-order valence-electron chi connectivity index (χ4n) is 2.33. The SMILES string of the molecule is COC(=O)c1sc(NC(=O)CCc2ccccc2)c(C(=O)OC)c1C. The molecule has 0 unspecified atom stereocenters. The lowest BCUT2D eigenvalue weighted by Crippen LogP contribution is -2.14. The highest BCUT2D eigenvalue weighted by atomic mass is 32.1. The normalized spacial score (nSPS) is 10.2. The molecule has 132 valence electrons. The van der Waals surface area contributed by atoms with Crippen LogP contribution in [0.2, 0.25) is 0 Å². The van der Waals surface area contributed by atoms with Gasteiger partial charge in [-0.3, -0.25) is 4.79 Å². The predicted molar refractivity (Wildman–Crippen MR) is 95.1 cm³/mol. The fourth-order valence-corrected chi connectivity index (χ4v) is 3.46. The lowest BCUT2D eigenvalue weighted by atomic mass is 10.1. The van der Waals surface area contributed by atoms with Gasteiger partial charge in [-0.2, -0.15) is 0 Å². The number of hydrogen-bond acceptors (Lipinski definition) is 6. The van der Waals surface area contributed by atoms with E-state index in [2.05, 4.69) is 5.32 Å². The number of ether oxygens (including phenoxy) is 2. The molecule has 0 aliphatic heterocycles. The zero-order valence-corrected chi connectivity index (χ0v) is 15.1. The average molecular weight is 361 g/mol. The summed E-state index contributed by atoms with van der Waals surface area (Å²) in [5.41, 5.74) is 1.66. The van der Waals surface area contributed by atoms with Crippen molar-refractivity contribution in [1.29, 1.82) is 0 Å². The van der Waals surface area contributed by atoms with Crippen LogP contribution in [-0.4, -0.2) is 32.1 Å². The molecule has 6 nitrogen and oxygen atoms in total. The van der Waals surface area contributed by atoms with Crippen molar-refractivity contribution in [3.63, 3.8) is 0 Å². The van der Waals surface area contributed by atoms with Crippen LogP contribution < -0.4 is 5.32 Å². The average Bonchev–Trinajstić information content (AvgIpc) is 2.95. The zero-order chi connectivity index (χ0) is 18.4. The van der Waals surface area contributed by atoms with E-state index in [1.54, 1.807) is 6.92 Å². The summed E-state index contributed by atoms with van der Waals surface area (Å²) in [7, 11) is 2.51. The maximum Gasteiger partial charge on any atom is 0.348 e. The van der Waals surface area contributed by atoms with Crippen molar-refractivity contribution in [2.75, 3.05) is 19.5 Å². The zero-order valence-electron chi connectivity index (χ0n) is 14.3. The molecule has 2 aromatic rings. The largest absolute Gasteiger partial charge is 0.465 e. The van der Waals surface area contributed by atoms with E-state index in [4.69, 9.17) is 9.47 Å². The van der Waals surface area contributed by atoms with E-state index in [1.165, 1.54) is 14.2 Å². The Bertz CT molecular complexity index is 782. The number of nitrogens with one attached hydrogen (secondary N) is 1. The van der Waals surface area contributed by atoms with Crippen LogP contribution in [0.15, 0.2) is 30.3 Å². The smallest absolute Gasteiger partial charge is 0.348 e. The molecule has 1 aromatic heterocycles. The first kappa shape index (κ1) is 18.7. The van der Waals surface area contributed by atoms with Gasteiger partial charge in [0.2, 0.25) is 5.91 Å². The molecule has 0 aliphatic rings. The Kier molecular flexibility index (Phi) is 6.30. The summed E-state index contributed by atoms with van der Waals surface area (Å²) in [6, 6.07) is 9.62. The Morgan fingerprint density at radius 1 is 1.04 bits per heavy atom. The Hall–Kier alpha value is -2.67. The van der Waals surface area contributed by atoms with Crippen LogP contribution >= 0.6 is 11.3 Å². The van der Waals surface area contributed by atoms with Gasteiger partial charge in [0, 0.05) is 6.42 Å². The molecule has 7 heteroatoms. The first-order valence-corrected chi connectivity index (χ1v) is 8.43. The minimum Gasteiger partial charge on any atom is -0.465 e. The monoisotopic (exact) mass is 361 g/mol. The molecule has 1 heterocycles. The van der Waals surface area contributed by atoms with Crippen molar-refractivity contribution in [1.82, 2.24) is 0 Å². The molecular weight excluding hydrogens is 342 g/mol. The quantitative estimate of drug-likeness (QED) is 0.799. The first-order chi connectivity index (χ1) is 12.0. The van der Waals surface area contributed by atoms with Crippen LogP contribution in [0.5, 0.6) is 0 Å². The van der Waals surface area contributed by atoms with E-state index >= 15 is 0 Å². The topological polar surface area (TPSA) is 81.7 Å². The molecule has 1 amide bonds. The highest BCUT2D eigenvalue weighted by Crippen LogP contribution is 2.34. The summed E-state index contributed by atoms with van der Waals surface area (Å²) < 4.78 is 9.48. The highest BCUT2D eigenvalue weighted by molar-refractivity contribution is 7.18. The Labute approximate surface area is 149 Å². The van der Waals surface area contributed by atoms with Gasteiger partial charge >= 0.3 is 11.9 Å². The van der Waals surface area contributed by atoms with Gasteiger partial charge in [0.15, 0.2) is 0 Å². The minimum atomic E-state index is -0.609. The molecule has 1 N–H and O–H groups in total. The molecule has 25 heavy (non-hydrogen) atoms. The van der Waals surface area contributed by atoms with E-state index in [1.807, 2.05) is 30.3 Å². The third-order valence-electron chi connectivity index (χ3n) is 3.64. The Morgan fingerprint density at radius 2 is 1.68 bits per heavy atom. The second kappa shape index (κ2) is 8.43. The van der Waals surface area contributed by atoms with Gasteiger partial charge in [-0.1, -0.05) is 30.3 Å². The number of carbonyl (C=O) groups is 3. The second-order valence-electron chi connectivity index (χ2n) is 5.28. The molecule has 0 saturated heterocycles. The van der Waals surface area contributed by atoms with Gasteiger partial charge in [0.25, 0.3) is 0 Å². The number of methoxy groups -OCH3 is 2. The Morgan fingerprint density at radius 3 is 2.28 bits per heavy atom. The summed E-state index contributed by atoms with van der Waals surface area (Å²) in [4.78, 5) is 36.4. The number of esters is 2. The molecule has 0 atom stereocenters. The maximum absolute atomic E-state index is 12.2. The molecule has 0 radical (unpaired) electrons. The number of benzene rings is 1. The van der Waals surface area contributed by atoms with Crippen LogP contribution in [0.25, 0.3) is 0 Å². The van der Waals surface area contributed by atoms with E-state index in [0.29, 0.717) is 17.0 Å². The van der Waals surface area contributed by atoms with Crippen LogP contribution in [0.4, 0.5) is 5.00 Å². The van der Waals surface area contributed by atoms with E-state index < -0.39 is 11.9 Å².